The number of hydrogen-bond acceptors (Lipinski definition) is 9. The van der Waals surface area contributed by atoms with Crippen molar-refractivity contribution in [2.45, 2.75) is 50.9 Å². The molecule has 2 aromatic rings. The highest BCUT2D eigenvalue weighted by Gasteiger charge is 2.48. The topological polar surface area (TPSA) is 116 Å². The Morgan fingerprint density at radius 2 is 1.63 bits per heavy atom. The van der Waals surface area contributed by atoms with Gasteiger partial charge in [-0.15, -0.1) is 0 Å². The summed E-state index contributed by atoms with van der Waals surface area (Å²) in [5.74, 6) is 1.15. The van der Waals surface area contributed by atoms with Crippen molar-refractivity contribution < 1.29 is 38.0 Å². The maximum atomic E-state index is 12.9. The predicted octanol–water partition coefficient (Wildman–Crippen LogP) is 4.11. The van der Waals surface area contributed by atoms with E-state index in [0.717, 1.165) is 55.2 Å². The van der Waals surface area contributed by atoms with Crippen molar-refractivity contribution >= 4 is 11.9 Å². The average Bonchev–Trinajstić information content (AvgIpc) is 3.54. The minimum Gasteiger partial charge on any atom is -0.493 e. The molecule has 3 aliphatic rings. The van der Waals surface area contributed by atoms with Crippen molar-refractivity contribution in [3.8, 4) is 28.7 Å². The monoisotopic (exact) mass is 525 g/mol. The Morgan fingerprint density at radius 1 is 0.947 bits per heavy atom. The number of methoxy groups -OCH3 is 2. The van der Waals surface area contributed by atoms with Crippen LogP contribution < -0.4 is 29.4 Å². The number of benzene rings is 2. The molecule has 2 heterocycles. The molecule has 1 aliphatic carbocycles. The predicted molar refractivity (Wildman–Crippen MR) is 138 cm³/mol. The summed E-state index contributed by atoms with van der Waals surface area (Å²) in [6.07, 6.45) is 5.81. The molecule has 9 heteroatoms. The van der Waals surface area contributed by atoms with E-state index in [-0.39, 0.29) is 42.2 Å². The van der Waals surface area contributed by atoms with Gasteiger partial charge in [-0.1, -0.05) is 19.3 Å². The molecule has 1 fully saturated rings. The molecule has 9 nitrogen and oxygen atoms in total. The van der Waals surface area contributed by atoms with Crippen molar-refractivity contribution in [2.24, 2.45) is 17.6 Å². The molecule has 2 aromatic carbocycles. The summed E-state index contributed by atoms with van der Waals surface area (Å²) in [4.78, 5) is 25.6. The summed E-state index contributed by atoms with van der Waals surface area (Å²) >= 11 is 0. The Morgan fingerprint density at radius 3 is 2.34 bits per heavy atom. The number of rotatable bonds is 11. The quantitative estimate of drug-likeness (QED) is 0.263. The normalized spacial score (nSPS) is 20.9. The standard InChI is InChI=1S/C29H35NO8/c1-33-23-12-18(13-24(34-2)28(23)38-25(31)8-6-4-3-5-7-9-30)26-20-14-22-21(36-16-37-22)11-17(20)10-19-15-35-29(32)27(19)26/h11-14,19,26-27H,3-10,15-16,30H2,1-2H3/t19-,26+,27-/m0/s1. The summed E-state index contributed by atoms with van der Waals surface area (Å²) in [5, 5.41) is 0. The zero-order valence-electron chi connectivity index (χ0n) is 22.0. The number of hydrogen-bond donors (Lipinski definition) is 1. The lowest BCUT2D eigenvalue weighted by Crippen LogP contribution is -2.31. The lowest BCUT2D eigenvalue weighted by molar-refractivity contribution is -0.141. The van der Waals surface area contributed by atoms with Crippen LogP contribution in [0, 0.1) is 11.8 Å². The van der Waals surface area contributed by atoms with Crippen LogP contribution in [-0.4, -0.2) is 46.1 Å². The summed E-state index contributed by atoms with van der Waals surface area (Å²) in [6.45, 7) is 1.24. The van der Waals surface area contributed by atoms with Gasteiger partial charge < -0.3 is 34.2 Å². The molecule has 0 spiro atoms. The molecule has 2 N–H and O–H groups in total. The van der Waals surface area contributed by atoms with Crippen molar-refractivity contribution in [3.05, 3.63) is 41.0 Å². The molecule has 3 atom stereocenters. The van der Waals surface area contributed by atoms with E-state index in [9.17, 15) is 9.59 Å². The van der Waals surface area contributed by atoms with Crippen molar-refractivity contribution in [1.82, 2.24) is 0 Å². The van der Waals surface area contributed by atoms with Gasteiger partial charge >= 0.3 is 11.9 Å². The van der Waals surface area contributed by atoms with Gasteiger partial charge in [0, 0.05) is 18.3 Å². The minimum absolute atomic E-state index is 0.0414. The minimum atomic E-state index is -0.357. The summed E-state index contributed by atoms with van der Waals surface area (Å²) in [5.41, 5.74) is 8.43. The number of carbonyl (C=O) groups excluding carboxylic acids is 2. The number of unbranched alkanes of at least 4 members (excludes halogenated alkanes) is 4. The van der Waals surface area contributed by atoms with E-state index in [4.69, 9.17) is 34.2 Å². The first-order valence-corrected chi connectivity index (χ1v) is 13.3. The fourth-order valence-corrected chi connectivity index (χ4v) is 5.79. The fraction of sp³-hybridized carbons (Fsp3) is 0.517. The Hall–Kier alpha value is -3.46. The van der Waals surface area contributed by atoms with Gasteiger partial charge in [-0.2, -0.15) is 0 Å². The molecule has 38 heavy (non-hydrogen) atoms. The van der Waals surface area contributed by atoms with Gasteiger partial charge in [-0.3, -0.25) is 9.59 Å². The lowest BCUT2D eigenvalue weighted by atomic mass is 9.67. The number of ether oxygens (including phenoxy) is 6. The Balaban J connectivity index is 1.44. The molecular weight excluding hydrogens is 490 g/mol. The van der Waals surface area contributed by atoms with E-state index in [0.29, 0.717) is 42.6 Å². The highest BCUT2D eigenvalue weighted by Crippen LogP contribution is 2.52. The third kappa shape index (κ3) is 5.12. The van der Waals surface area contributed by atoms with Gasteiger partial charge in [0.25, 0.3) is 0 Å². The second kappa shape index (κ2) is 11.5. The van der Waals surface area contributed by atoms with Gasteiger partial charge in [-0.05, 0) is 66.8 Å². The summed E-state index contributed by atoms with van der Waals surface area (Å²) < 4.78 is 33.8. The number of esters is 2. The maximum Gasteiger partial charge on any atom is 0.311 e. The van der Waals surface area contributed by atoms with E-state index in [2.05, 4.69) is 0 Å². The number of fused-ring (bicyclic) bond motifs is 3. The van der Waals surface area contributed by atoms with Gasteiger partial charge in [0.15, 0.2) is 23.0 Å². The van der Waals surface area contributed by atoms with Crippen LogP contribution in [0.5, 0.6) is 28.7 Å². The van der Waals surface area contributed by atoms with E-state index in [1.54, 1.807) is 0 Å². The zero-order chi connectivity index (χ0) is 26.6. The van der Waals surface area contributed by atoms with Crippen LogP contribution in [-0.2, 0) is 20.7 Å². The van der Waals surface area contributed by atoms with Crippen LogP contribution in [0.1, 0.15) is 61.1 Å². The molecule has 0 amide bonds. The third-order valence-corrected chi connectivity index (χ3v) is 7.67. The Kier molecular flexibility index (Phi) is 7.93. The van der Waals surface area contributed by atoms with Crippen molar-refractivity contribution in [3.63, 3.8) is 0 Å². The largest absolute Gasteiger partial charge is 0.493 e. The SMILES string of the molecule is COc1cc([C@@H]2c3cc4c(cc3C[C@H]3COC(=O)[C@@H]32)OCO4)cc(OC)c1OC(=O)CCCCCCCN. The molecule has 0 saturated carbocycles. The van der Waals surface area contributed by atoms with E-state index in [1.165, 1.54) is 14.2 Å². The smallest absolute Gasteiger partial charge is 0.311 e. The van der Waals surface area contributed by atoms with E-state index < -0.39 is 0 Å². The van der Waals surface area contributed by atoms with Crippen LogP contribution in [0.2, 0.25) is 0 Å². The number of carbonyl (C=O) groups is 2. The summed E-state index contributed by atoms with van der Waals surface area (Å²) in [7, 11) is 3.04. The molecular formula is C29H35NO8. The van der Waals surface area contributed by atoms with Crippen molar-refractivity contribution in [2.75, 3.05) is 34.2 Å². The molecule has 2 aliphatic heterocycles. The molecule has 1 saturated heterocycles. The molecule has 5 rings (SSSR count). The highest BCUT2D eigenvalue weighted by atomic mass is 16.7. The number of nitrogens with two attached hydrogens (primary N) is 1. The van der Waals surface area contributed by atoms with Crippen LogP contribution in [0.15, 0.2) is 24.3 Å². The first kappa shape index (κ1) is 26.2. The van der Waals surface area contributed by atoms with Gasteiger partial charge in [-0.25, -0.2) is 0 Å². The van der Waals surface area contributed by atoms with E-state index >= 15 is 0 Å². The fourth-order valence-electron chi connectivity index (χ4n) is 5.79. The Labute approximate surface area is 222 Å². The Bertz CT molecular complexity index is 1170. The molecule has 0 aromatic heterocycles. The molecule has 204 valence electrons. The van der Waals surface area contributed by atoms with E-state index in [1.807, 2.05) is 24.3 Å². The van der Waals surface area contributed by atoms with Gasteiger partial charge in [0.2, 0.25) is 12.5 Å². The number of cyclic esters (lactones) is 1. The maximum absolute atomic E-state index is 12.9. The average molecular weight is 526 g/mol. The van der Waals surface area contributed by atoms with Gasteiger partial charge in [0.1, 0.15) is 0 Å². The second-order valence-corrected chi connectivity index (χ2v) is 10.0. The second-order valence-electron chi connectivity index (χ2n) is 10.0. The molecule has 0 radical (unpaired) electrons. The zero-order valence-corrected chi connectivity index (χ0v) is 22.0. The van der Waals surface area contributed by atoms with Crippen LogP contribution in [0.4, 0.5) is 0 Å². The van der Waals surface area contributed by atoms with Crippen LogP contribution >= 0.6 is 0 Å². The van der Waals surface area contributed by atoms with Crippen molar-refractivity contribution in [1.29, 1.82) is 0 Å². The summed E-state index contributed by atoms with van der Waals surface area (Å²) in [6, 6.07) is 7.62. The third-order valence-electron chi connectivity index (χ3n) is 7.67. The van der Waals surface area contributed by atoms with Crippen LogP contribution in [0.25, 0.3) is 0 Å². The molecule has 0 unspecified atom stereocenters. The van der Waals surface area contributed by atoms with Gasteiger partial charge in [0.05, 0.1) is 26.7 Å². The van der Waals surface area contributed by atoms with Crippen LogP contribution in [0.3, 0.4) is 0 Å². The highest BCUT2D eigenvalue weighted by molar-refractivity contribution is 5.79. The lowest BCUT2D eigenvalue weighted by Gasteiger charge is -2.34. The first-order chi connectivity index (χ1) is 18.5. The first-order valence-electron chi connectivity index (χ1n) is 13.3. The molecule has 0 bridgehead atoms.